The second-order valence-corrected chi connectivity index (χ2v) is 4.50. The smallest absolute Gasteiger partial charge is 0.273 e. The zero-order chi connectivity index (χ0) is 13.0. The van der Waals surface area contributed by atoms with Crippen LogP contribution in [-0.4, -0.2) is 46.7 Å². The van der Waals surface area contributed by atoms with Gasteiger partial charge in [-0.3, -0.25) is 9.48 Å². The molecule has 1 aliphatic rings. The number of nitrogens with zero attached hydrogens (tertiary/aromatic N) is 3. The van der Waals surface area contributed by atoms with Crippen LogP contribution in [0.4, 0.5) is 0 Å². The van der Waals surface area contributed by atoms with Crippen molar-refractivity contribution in [2.24, 2.45) is 5.73 Å². The topological polar surface area (TPSA) is 95.1 Å². The summed E-state index contributed by atoms with van der Waals surface area (Å²) in [7, 11) is 1.70. The van der Waals surface area contributed by atoms with Gasteiger partial charge in [0.25, 0.3) is 5.91 Å². The van der Waals surface area contributed by atoms with E-state index in [9.17, 15) is 4.79 Å². The lowest BCUT2D eigenvalue weighted by molar-refractivity contribution is 0.0910. The normalized spacial score (nSPS) is 23.2. The molecule has 1 saturated carbocycles. The Bertz CT molecular complexity index is 406. The van der Waals surface area contributed by atoms with Gasteiger partial charge in [0, 0.05) is 19.7 Å². The van der Waals surface area contributed by atoms with Gasteiger partial charge in [-0.05, 0) is 19.3 Å². The first-order chi connectivity index (χ1) is 8.72. The maximum absolute atomic E-state index is 11.9. The van der Waals surface area contributed by atoms with Crippen LogP contribution in [0.15, 0.2) is 6.20 Å². The highest BCUT2D eigenvalue weighted by Gasteiger charge is 2.26. The lowest BCUT2D eigenvalue weighted by Crippen LogP contribution is -2.33. The molecule has 1 heterocycles. The van der Waals surface area contributed by atoms with Crippen molar-refractivity contribution in [2.45, 2.75) is 38.0 Å². The van der Waals surface area contributed by atoms with E-state index in [4.69, 9.17) is 10.5 Å². The molecule has 0 radical (unpaired) electrons. The Morgan fingerprint density at radius 1 is 1.67 bits per heavy atom. The summed E-state index contributed by atoms with van der Waals surface area (Å²) in [5.41, 5.74) is 5.74. The minimum Gasteiger partial charge on any atom is -0.381 e. The zero-order valence-electron chi connectivity index (χ0n) is 10.5. The van der Waals surface area contributed by atoms with Crippen LogP contribution in [0.25, 0.3) is 0 Å². The first-order valence-corrected chi connectivity index (χ1v) is 6.16. The van der Waals surface area contributed by atoms with Gasteiger partial charge in [-0.2, -0.15) is 0 Å². The molecular formula is C11H19N5O2. The van der Waals surface area contributed by atoms with Gasteiger partial charge in [0.15, 0.2) is 5.69 Å². The molecular weight excluding hydrogens is 234 g/mol. The summed E-state index contributed by atoms with van der Waals surface area (Å²) >= 11 is 0. The molecule has 2 unspecified atom stereocenters. The van der Waals surface area contributed by atoms with E-state index in [0.29, 0.717) is 18.8 Å². The summed E-state index contributed by atoms with van der Waals surface area (Å²) < 4.78 is 6.84. The van der Waals surface area contributed by atoms with Crippen molar-refractivity contribution in [3.63, 3.8) is 0 Å². The van der Waals surface area contributed by atoms with Crippen LogP contribution in [0.2, 0.25) is 0 Å². The summed E-state index contributed by atoms with van der Waals surface area (Å²) in [6.45, 7) is 1.04. The van der Waals surface area contributed by atoms with Gasteiger partial charge in [-0.25, -0.2) is 0 Å². The van der Waals surface area contributed by atoms with Crippen LogP contribution in [0.5, 0.6) is 0 Å². The number of amides is 1. The number of hydrogen-bond acceptors (Lipinski definition) is 5. The van der Waals surface area contributed by atoms with E-state index in [1.54, 1.807) is 18.0 Å². The Morgan fingerprint density at radius 2 is 2.50 bits per heavy atom. The Balaban J connectivity index is 1.87. The van der Waals surface area contributed by atoms with E-state index in [2.05, 4.69) is 15.6 Å². The van der Waals surface area contributed by atoms with E-state index in [0.717, 1.165) is 19.3 Å². The monoisotopic (exact) mass is 253 g/mol. The highest BCUT2D eigenvalue weighted by Crippen LogP contribution is 2.21. The lowest BCUT2D eigenvalue weighted by atomic mass is 10.2. The molecule has 0 aromatic carbocycles. The van der Waals surface area contributed by atoms with Crippen molar-refractivity contribution >= 4 is 5.91 Å². The second kappa shape index (κ2) is 5.92. The van der Waals surface area contributed by atoms with Gasteiger partial charge in [0.1, 0.15) is 0 Å². The number of ether oxygens (including phenoxy) is 1. The molecule has 7 nitrogen and oxygen atoms in total. The van der Waals surface area contributed by atoms with Crippen LogP contribution in [0, 0.1) is 0 Å². The third-order valence-corrected chi connectivity index (χ3v) is 3.18. The molecule has 100 valence electrons. The molecule has 7 heteroatoms. The van der Waals surface area contributed by atoms with E-state index < -0.39 is 0 Å². The van der Waals surface area contributed by atoms with Gasteiger partial charge < -0.3 is 15.8 Å². The summed E-state index contributed by atoms with van der Waals surface area (Å²) in [4.78, 5) is 11.9. The SMILES string of the molecule is COC1CCC(NC(=O)c2cn(CCN)nn2)C1. The highest BCUT2D eigenvalue weighted by molar-refractivity contribution is 5.92. The summed E-state index contributed by atoms with van der Waals surface area (Å²) in [5, 5.41) is 10.6. The summed E-state index contributed by atoms with van der Waals surface area (Å²) in [6.07, 6.45) is 4.66. The number of nitrogens with one attached hydrogen (secondary N) is 1. The largest absolute Gasteiger partial charge is 0.381 e. The molecule has 0 bridgehead atoms. The van der Waals surface area contributed by atoms with Crippen LogP contribution in [-0.2, 0) is 11.3 Å². The number of methoxy groups -OCH3 is 1. The minimum atomic E-state index is -0.181. The highest BCUT2D eigenvalue weighted by atomic mass is 16.5. The van der Waals surface area contributed by atoms with E-state index in [1.165, 1.54) is 0 Å². The maximum atomic E-state index is 11.9. The molecule has 1 aliphatic carbocycles. The first kappa shape index (κ1) is 13.0. The van der Waals surface area contributed by atoms with Crippen molar-refractivity contribution < 1.29 is 9.53 Å². The zero-order valence-corrected chi connectivity index (χ0v) is 10.5. The Kier molecular flexibility index (Phi) is 4.27. The number of rotatable bonds is 5. The average Bonchev–Trinajstić information content (AvgIpc) is 2.98. The molecule has 1 fully saturated rings. The Labute approximate surface area is 106 Å². The fraction of sp³-hybridized carbons (Fsp3) is 0.727. The minimum absolute atomic E-state index is 0.169. The number of carbonyl (C=O) groups excluding carboxylic acids is 1. The van der Waals surface area contributed by atoms with Gasteiger partial charge in [-0.15, -0.1) is 5.10 Å². The molecule has 1 aromatic heterocycles. The fourth-order valence-corrected chi connectivity index (χ4v) is 2.19. The van der Waals surface area contributed by atoms with E-state index in [-0.39, 0.29) is 18.1 Å². The number of nitrogens with two attached hydrogens (primary N) is 1. The summed E-state index contributed by atoms with van der Waals surface area (Å²) in [6, 6.07) is 0.169. The quantitative estimate of drug-likeness (QED) is 0.740. The predicted molar refractivity (Wildman–Crippen MR) is 65.0 cm³/mol. The molecule has 1 aromatic rings. The molecule has 18 heavy (non-hydrogen) atoms. The molecule has 0 aliphatic heterocycles. The van der Waals surface area contributed by atoms with Crippen LogP contribution in [0.3, 0.4) is 0 Å². The van der Waals surface area contributed by atoms with Crippen molar-refractivity contribution in [1.82, 2.24) is 20.3 Å². The molecule has 1 amide bonds. The fourth-order valence-electron chi connectivity index (χ4n) is 2.19. The maximum Gasteiger partial charge on any atom is 0.273 e. The van der Waals surface area contributed by atoms with Crippen molar-refractivity contribution in [2.75, 3.05) is 13.7 Å². The van der Waals surface area contributed by atoms with Gasteiger partial charge in [0.2, 0.25) is 0 Å². The number of aromatic nitrogens is 3. The average molecular weight is 253 g/mol. The van der Waals surface area contributed by atoms with E-state index in [1.807, 2.05) is 0 Å². The first-order valence-electron chi connectivity index (χ1n) is 6.16. The molecule has 0 spiro atoms. The van der Waals surface area contributed by atoms with Gasteiger partial charge >= 0.3 is 0 Å². The molecule has 2 atom stereocenters. The number of carbonyl (C=O) groups is 1. The van der Waals surface area contributed by atoms with Crippen LogP contribution in [0.1, 0.15) is 29.8 Å². The second-order valence-electron chi connectivity index (χ2n) is 4.50. The molecule has 2 rings (SSSR count). The third-order valence-electron chi connectivity index (χ3n) is 3.18. The molecule has 0 saturated heterocycles. The Hall–Kier alpha value is -1.47. The van der Waals surface area contributed by atoms with Crippen LogP contribution >= 0.6 is 0 Å². The van der Waals surface area contributed by atoms with Crippen molar-refractivity contribution in [3.05, 3.63) is 11.9 Å². The standard InChI is InChI=1S/C11H19N5O2/c1-18-9-3-2-8(6-9)13-11(17)10-7-16(5-4-12)15-14-10/h7-9H,2-6,12H2,1H3,(H,13,17). The van der Waals surface area contributed by atoms with Crippen LogP contribution < -0.4 is 11.1 Å². The summed E-state index contributed by atoms with van der Waals surface area (Å²) in [5.74, 6) is -0.181. The van der Waals surface area contributed by atoms with Crippen molar-refractivity contribution in [1.29, 1.82) is 0 Å². The predicted octanol–water partition coefficient (Wildman–Crippen LogP) is -0.466. The van der Waals surface area contributed by atoms with Crippen molar-refractivity contribution in [3.8, 4) is 0 Å². The Morgan fingerprint density at radius 3 is 3.17 bits per heavy atom. The van der Waals surface area contributed by atoms with Gasteiger partial charge in [-0.1, -0.05) is 5.21 Å². The third kappa shape index (κ3) is 3.05. The van der Waals surface area contributed by atoms with Gasteiger partial charge in [0.05, 0.1) is 18.8 Å². The lowest BCUT2D eigenvalue weighted by Gasteiger charge is -2.11. The molecule has 3 N–H and O–H groups in total. The number of hydrogen-bond donors (Lipinski definition) is 2. The van der Waals surface area contributed by atoms with E-state index >= 15 is 0 Å².